The molecule has 0 saturated heterocycles. The largest absolute Gasteiger partial charge is 0.478 e. The number of fused-ring (bicyclic) bond motifs is 1. The Kier molecular flexibility index (Phi) is 3.57. The van der Waals surface area contributed by atoms with Crippen molar-refractivity contribution in [3.63, 3.8) is 0 Å². The van der Waals surface area contributed by atoms with Crippen molar-refractivity contribution in [3.8, 4) is 0 Å². The number of imidazole rings is 1. The molecule has 1 atom stereocenters. The van der Waals surface area contributed by atoms with Gasteiger partial charge < -0.3 is 14.8 Å². The number of aliphatic hydroxyl groups excluding tert-OH is 1. The minimum absolute atomic E-state index is 0.208. The Bertz CT molecular complexity index is 614. The molecule has 0 spiro atoms. The fourth-order valence-electron chi connectivity index (χ4n) is 2.18. The fraction of sp³-hybridized carbons (Fsp3) is 0.429. The van der Waals surface area contributed by atoms with Gasteiger partial charge in [-0.15, -0.1) is 0 Å². The van der Waals surface area contributed by atoms with E-state index in [0.717, 1.165) is 11.3 Å². The van der Waals surface area contributed by atoms with Crippen LogP contribution in [0.3, 0.4) is 0 Å². The highest BCUT2D eigenvalue weighted by Crippen LogP contribution is 2.23. The number of aromatic nitrogens is 2. The summed E-state index contributed by atoms with van der Waals surface area (Å²) in [5.74, 6) is 0.107. The normalized spacial score (nSPS) is 13.1. The number of benzene rings is 1. The predicted molar refractivity (Wildman–Crippen MR) is 72.5 cm³/mol. The summed E-state index contributed by atoms with van der Waals surface area (Å²) in [6.07, 6.45) is -0.478. The first-order valence-electron chi connectivity index (χ1n) is 6.31. The SMILES string of the molecule is CC(O)Cn1c(C(C)C)nc2cc(C(=O)O)ccc21. The van der Waals surface area contributed by atoms with Crippen molar-refractivity contribution in [2.24, 2.45) is 0 Å². The van der Waals surface area contributed by atoms with E-state index in [1.165, 1.54) is 0 Å². The van der Waals surface area contributed by atoms with Crippen LogP contribution in [0.5, 0.6) is 0 Å². The first-order chi connectivity index (χ1) is 8.90. The van der Waals surface area contributed by atoms with Crippen LogP contribution in [0.25, 0.3) is 11.0 Å². The van der Waals surface area contributed by atoms with Crippen molar-refractivity contribution in [2.45, 2.75) is 39.3 Å². The lowest BCUT2D eigenvalue weighted by Gasteiger charge is -2.13. The number of aromatic carboxylic acids is 1. The summed E-state index contributed by atoms with van der Waals surface area (Å²) in [7, 11) is 0. The molecule has 102 valence electrons. The van der Waals surface area contributed by atoms with E-state index in [4.69, 9.17) is 5.11 Å². The molecule has 5 nitrogen and oxygen atoms in total. The molecular formula is C14H18N2O3. The summed E-state index contributed by atoms with van der Waals surface area (Å²) in [6.45, 7) is 6.23. The van der Waals surface area contributed by atoms with Crippen LogP contribution in [0.4, 0.5) is 0 Å². The zero-order valence-electron chi connectivity index (χ0n) is 11.3. The topological polar surface area (TPSA) is 75.3 Å². The van der Waals surface area contributed by atoms with Crippen molar-refractivity contribution in [3.05, 3.63) is 29.6 Å². The lowest BCUT2D eigenvalue weighted by atomic mass is 10.2. The second kappa shape index (κ2) is 5.01. The second-order valence-corrected chi connectivity index (χ2v) is 5.09. The molecule has 0 aliphatic carbocycles. The van der Waals surface area contributed by atoms with E-state index in [9.17, 15) is 9.90 Å². The van der Waals surface area contributed by atoms with Crippen molar-refractivity contribution >= 4 is 17.0 Å². The Hall–Kier alpha value is -1.88. The van der Waals surface area contributed by atoms with Gasteiger partial charge in [0.25, 0.3) is 0 Å². The van der Waals surface area contributed by atoms with Crippen molar-refractivity contribution in [2.75, 3.05) is 0 Å². The van der Waals surface area contributed by atoms with Crippen LogP contribution in [0.1, 0.15) is 42.9 Å². The average molecular weight is 262 g/mol. The third kappa shape index (κ3) is 2.61. The summed E-state index contributed by atoms with van der Waals surface area (Å²) in [5.41, 5.74) is 1.74. The number of rotatable bonds is 4. The van der Waals surface area contributed by atoms with Crippen LogP contribution in [0.15, 0.2) is 18.2 Å². The number of hydrogen-bond donors (Lipinski definition) is 2. The third-order valence-electron chi connectivity index (χ3n) is 2.99. The molecule has 0 aliphatic heterocycles. The van der Waals surface area contributed by atoms with Gasteiger partial charge in [-0.25, -0.2) is 9.78 Å². The summed E-state index contributed by atoms with van der Waals surface area (Å²) < 4.78 is 1.95. The summed E-state index contributed by atoms with van der Waals surface area (Å²) in [5, 5.41) is 18.6. The highest BCUT2D eigenvalue weighted by Gasteiger charge is 2.16. The Morgan fingerprint density at radius 2 is 2.05 bits per heavy atom. The molecule has 2 rings (SSSR count). The first-order valence-corrected chi connectivity index (χ1v) is 6.31. The van der Waals surface area contributed by atoms with E-state index in [1.807, 2.05) is 18.4 Å². The van der Waals surface area contributed by atoms with Gasteiger partial charge >= 0.3 is 5.97 Å². The van der Waals surface area contributed by atoms with E-state index in [-0.39, 0.29) is 11.5 Å². The van der Waals surface area contributed by atoms with Gasteiger partial charge in [0.1, 0.15) is 5.82 Å². The monoisotopic (exact) mass is 262 g/mol. The van der Waals surface area contributed by atoms with E-state index in [2.05, 4.69) is 4.98 Å². The molecule has 2 aromatic rings. The summed E-state index contributed by atoms with van der Waals surface area (Å²) >= 11 is 0. The van der Waals surface area contributed by atoms with Gasteiger partial charge in [-0.3, -0.25) is 0 Å². The van der Waals surface area contributed by atoms with E-state index in [1.54, 1.807) is 25.1 Å². The number of carboxylic acid groups (broad SMARTS) is 1. The smallest absolute Gasteiger partial charge is 0.335 e. The van der Waals surface area contributed by atoms with Gasteiger partial charge in [-0.05, 0) is 25.1 Å². The van der Waals surface area contributed by atoms with Crippen molar-refractivity contribution in [1.29, 1.82) is 0 Å². The minimum Gasteiger partial charge on any atom is -0.478 e. The summed E-state index contributed by atoms with van der Waals surface area (Å²) in [4.78, 5) is 15.5. The Labute approximate surface area is 111 Å². The lowest BCUT2D eigenvalue weighted by Crippen LogP contribution is -2.15. The standard InChI is InChI=1S/C14H18N2O3/c1-8(2)13-15-11-6-10(14(18)19)4-5-12(11)16(13)7-9(3)17/h4-6,8-9,17H,7H2,1-3H3,(H,18,19). The quantitative estimate of drug-likeness (QED) is 0.886. The average Bonchev–Trinajstić information content (AvgIpc) is 2.66. The summed E-state index contributed by atoms with van der Waals surface area (Å²) in [6, 6.07) is 4.89. The Morgan fingerprint density at radius 1 is 1.37 bits per heavy atom. The molecule has 0 amide bonds. The van der Waals surface area contributed by atoms with Gasteiger partial charge in [0.05, 0.1) is 29.2 Å². The second-order valence-electron chi connectivity index (χ2n) is 5.09. The van der Waals surface area contributed by atoms with Gasteiger partial charge in [0, 0.05) is 5.92 Å². The van der Waals surface area contributed by atoms with E-state index < -0.39 is 12.1 Å². The van der Waals surface area contributed by atoms with Crippen LogP contribution in [-0.4, -0.2) is 31.8 Å². The van der Waals surface area contributed by atoms with Gasteiger partial charge in [0.15, 0.2) is 0 Å². The molecule has 0 radical (unpaired) electrons. The third-order valence-corrected chi connectivity index (χ3v) is 2.99. The molecule has 5 heteroatoms. The van der Waals surface area contributed by atoms with Crippen LogP contribution in [0.2, 0.25) is 0 Å². The van der Waals surface area contributed by atoms with E-state index >= 15 is 0 Å². The number of aliphatic hydroxyl groups is 1. The molecule has 0 bridgehead atoms. The molecule has 19 heavy (non-hydrogen) atoms. The molecule has 1 aromatic carbocycles. The lowest BCUT2D eigenvalue weighted by molar-refractivity contribution is 0.0697. The molecule has 0 fully saturated rings. The van der Waals surface area contributed by atoms with Crippen molar-refractivity contribution in [1.82, 2.24) is 9.55 Å². The van der Waals surface area contributed by atoms with Crippen LogP contribution < -0.4 is 0 Å². The minimum atomic E-state index is -0.960. The highest BCUT2D eigenvalue weighted by molar-refractivity contribution is 5.92. The number of carboxylic acids is 1. The molecule has 0 saturated carbocycles. The highest BCUT2D eigenvalue weighted by atomic mass is 16.4. The van der Waals surface area contributed by atoms with Crippen molar-refractivity contribution < 1.29 is 15.0 Å². The maximum Gasteiger partial charge on any atom is 0.335 e. The first kappa shape index (κ1) is 13.5. The van der Waals surface area contributed by atoms with E-state index in [0.29, 0.717) is 12.1 Å². The molecular weight excluding hydrogens is 244 g/mol. The van der Waals surface area contributed by atoms with Crippen LogP contribution in [0, 0.1) is 0 Å². The number of carbonyl (C=O) groups is 1. The van der Waals surface area contributed by atoms with Gasteiger partial charge in [-0.2, -0.15) is 0 Å². The zero-order valence-corrected chi connectivity index (χ0v) is 11.3. The molecule has 1 aromatic heterocycles. The maximum absolute atomic E-state index is 11.0. The molecule has 1 unspecified atom stereocenters. The zero-order chi connectivity index (χ0) is 14.2. The fourth-order valence-corrected chi connectivity index (χ4v) is 2.18. The van der Waals surface area contributed by atoms with Crippen LogP contribution >= 0.6 is 0 Å². The molecule has 0 aliphatic rings. The maximum atomic E-state index is 11.0. The number of hydrogen-bond acceptors (Lipinski definition) is 3. The predicted octanol–water partition coefficient (Wildman–Crippen LogP) is 2.24. The van der Waals surface area contributed by atoms with Gasteiger partial charge in [0.2, 0.25) is 0 Å². The van der Waals surface area contributed by atoms with Crippen LogP contribution in [-0.2, 0) is 6.54 Å². The molecule has 1 heterocycles. The molecule has 2 N–H and O–H groups in total. The van der Waals surface area contributed by atoms with Gasteiger partial charge in [-0.1, -0.05) is 13.8 Å². The Balaban J connectivity index is 2.62. The Morgan fingerprint density at radius 3 is 2.58 bits per heavy atom. The number of nitrogens with zero attached hydrogens (tertiary/aromatic N) is 2.